The van der Waals surface area contributed by atoms with Crippen LogP contribution in [-0.4, -0.2) is 55.2 Å². The van der Waals surface area contributed by atoms with Crippen LogP contribution in [0.2, 0.25) is 0 Å². The van der Waals surface area contributed by atoms with Crippen LogP contribution in [0.5, 0.6) is 0 Å². The van der Waals surface area contributed by atoms with Crippen LogP contribution in [0, 0.1) is 12.8 Å². The molecular formula is C23H36N4O3. The molecule has 1 saturated carbocycles. The number of hydrogen-bond acceptors (Lipinski definition) is 4. The first-order valence-electron chi connectivity index (χ1n) is 11.2. The zero-order valence-corrected chi connectivity index (χ0v) is 18.6. The van der Waals surface area contributed by atoms with Gasteiger partial charge in [-0.1, -0.05) is 39.2 Å². The van der Waals surface area contributed by atoms with Crippen molar-refractivity contribution in [2.75, 3.05) is 43.5 Å². The van der Waals surface area contributed by atoms with Gasteiger partial charge in [-0.15, -0.1) is 0 Å². The van der Waals surface area contributed by atoms with Crippen molar-refractivity contribution in [2.24, 2.45) is 5.92 Å². The Morgan fingerprint density at radius 1 is 1.10 bits per heavy atom. The molecule has 2 aliphatic rings. The van der Waals surface area contributed by atoms with Gasteiger partial charge >= 0.3 is 6.03 Å². The lowest BCUT2D eigenvalue weighted by Gasteiger charge is -2.48. The molecule has 166 valence electrons. The number of benzene rings is 1. The maximum absolute atomic E-state index is 12.7. The summed E-state index contributed by atoms with van der Waals surface area (Å²) in [5, 5.41) is 8.98. The standard InChI is InChI=1S/C23H36N4O3/c1-17(2)21(28)25-19-8-7-18(3)20(15-19)26-22(29)24-16-23(9-5-4-6-10-23)27-11-13-30-14-12-27/h7-8,15,17H,4-6,9-14,16H2,1-3H3,(H,25,28)(H2,24,26,29). The number of nitrogens with one attached hydrogen (secondary N) is 3. The van der Waals surface area contributed by atoms with Crippen LogP contribution in [0.15, 0.2) is 18.2 Å². The van der Waals surface area contributed by atoms with Crippen molar-refractivity contribution in [3.05, 3.63) is 23.8 Å². The molecule has 1 aromatic carbocycles. The third-order valence-corrected chi connectivity index (χ3v) is 6.32. The molecular weight excluding hydrogens is 380 g/mol. The zero-order valence-electron chi connectivity index (χ0n) is 18.6. The Bertz CT molecular complexity index is 738. The Morgan fingerprint density at radius 3 is 2.47 bits per heavy atom. The molecule has 3 rings (SSSR count). The van der Waals surface area contributed by atoms with Gasteiger partial charge in [0.15, 0.2) is 0 Å². The number of carbonyl (C=O) groups excluding carboxylic acids is 2. The van der Waals surface area contributed by atoms with E-state index >= 15 is 0 Å². The van der Waals surface area contributed by atoms with Crippen LogP contribution in [0.3, 0.4) is 0 Å². The summed E-state index contributed by atoms with van der Waals surface area (Å²) >= 11 is 0. The number of anilines is 2. The number of nitrogens with zero attached hydrogens (tertiary/aromatic N) is 1. The molecule has 2 fully saturated rings. The van der Waals surface area contributed by atoms with Gasteiger partial charge in [0.05, 0.1) is 13.2 Å². The number of rotatable bonds is 6. The van der Waals surface area contributed by atoms with Gasteiger partial charge in [-0.3, -0.25) is 9.69 Å². The number of morpholine rings is 1. The van der Waals surface area contributed by atoms with E-state index in [1.807, 2.05) is 39.0 Å². The quantitative estimate of drug-likeness (QED) is 0.660. The van der Waals surface area contributed by atoms with Gasteiger partial charge < -0.3 is 20.7 Å². The average Bonchev–Trinajstić information content (AvgIpc) is 2.76. The number of aryl methyl sites for hydroxylation is 1. The first-order valence-corrected chi connectivity index (χ1v) is 11.2. The minimum absolute atomic E-state index is 0.0293. The van der Waals surface area contributed by atoms with E-state index in [0.717, 1.165) is 44.7 Å². The normalized spacial score (nSPS) is 19.3. The minimum atomic E-state index is -0.205. The molecule has 1 aliphatic heterocycles. The van der Waals surface area contributed by atoms with Crippen LogP contribution >= 0.6 is 0 Å². The summed E-state index contributed by atoms with van der Waals surface area (Å²) in [5.41, 5.74) is 2.37. The van der Waals surface area contributed by atoms with E-state index in [4.69, 9.17) is 4.74 Å². The molecule has 7 nitrogen and oxygen atoms in total. The molecule has 1 saturated heterocycles. The van der Waals surface area contributed by atoms with Crippen molar-refractivity contribution in [1.29, 1.82) is 0 Å². The van der Waals surface area contributed by atoms with Crippen LogP contribution in [-0.2, 0) is 9.53 Å². The first-order chi connectivity index (χ1) is 14.4. The SMILES string of the molecule is Cc1ccc(NC(=O)C(C)C)cc1NC(=O)NCC1(N2CCOCC2)CCCCC1. The van der Waals surface area contributed by atoms with Gasteiger partial charge in [0.2, 0.25) is 5.91 Å². The van der Waals surface area contributed by atoms with E-state index in [2.05, 4.69) is 20.9 Å². The summed E-state index contributed by atoms with van der Waals surface area (Å²) < 4.78 is 5.54. The highest BCUT2D eigenvalue weighted by atomic mass is 16.5. The molecule has 1 heterocycles. The van der Waals surface area contributed by atoms with Crippen LogP contribution < -0.4 is 16.0 Å². The van der Waals surface area contributed by atoms with E-state index < -0.39 is 0 Å². The van der Waals surface area contributed by atoms with Crippen molar-refractivity contribution in [1.82, 2.24) is 10.2 Å². The number of amides is 3. The first kappa shape index (κ1) is 22.6. The van der Waals surface area contributed by atoms with Crippen molar-refractivity contribution in [2.45, 2.75) is 58.4 Å². The molecule has 0 radical (unpaired) electrons. The number of urea groups is 1. The number of ether oxygens (including phenoxy) is 1. The molecule has 7 heteroatoms. The molecule has 0 atom stereocenters. The molecule has 3 N–H and O–H groups in total. The zero-order chi connectivity index (χ0) is 21.6. The van der Waals surface area contributed by atoms with E-state index in [1.54, 1.807) is 0 Å². The van der Waals surface area contributed by atoms with E-state index in [1.165, 1.54) is 19.3 Å². The summed E-state index contributed by atoms with van der Waals surface area (Å²) in [5.74, 6) is -0.142. The van der Waals surface area contributed by atoms with Crippen molar-refractivity contribution in [3.63, 3.8) is 0 Å². The van der Waals surface area contributed by atoms with Crippen molar-refractivity contribution < 1.29 is 14.3 Å². The molecule has 30 heavy (non-hydrogen) atoms. The van der Waals surface area contributed by atoms with Gasteiger partial charge in [0.1, 0.15) is 0 Å². The Morgan fingerprint density at radius 2 is 1.80 bits per heavy atom. The van der Waals surface area contributed by atoms with Crippen LogP contribution in [0.4, 0.5) is 16.2 Å². The Hall–Kier alpha value is -2.12. The van der Waals surface area contributed by atoms with E-state index in [0.29, 0.717) is 17.9 Å². The summed E-state index contributed by atoms with van der Waals surface area (Å²) in [6.45, 7) is 9.68. The topological polar surface area (TPSA) is 82.7 Å². The Labute approximate surface area is 179 Å². The molecule has 1 aromatic rings. The lowest BCUT2D eigenvalue weighted by Crippen LogP contribution is -2.60. The highest BCUT2D eigenvalue weighted by molar-refractivity contribution is 5.94. The molecule has 0 unspecified atom stereocenters. The molecule has 0 bridgehead atoms. The Balaban J connectivity index is 1.62. The van der Waals surface area contributed by atoms with Gasteiger partial charge in [-0.2, -0.15) is 0 Å². The lowest BCUT2D eigenvalue weighted by molar-refractivity contribution is -0.118. The third kappa shape index (κ3) is 5.73. The fourth-order valence-corrected chi connectivity index (χ4v) is 4.38. The van der Waals surface area contributed by atoms with Crippen LogP contribution in [0.25, 0.3) is 0 Å². The fourth-order valence-electron chi connectivity index (χ4n) is 4.38. The molecule has 1 aliphatic carbocycles. The fraction of sp³-hybridized carbons (Fsp3) is 0.652. The largest absolute Gasteiger partial charge is 0.379 e. The van der Waals surface area contributed by atoms with Gasteiger partial charge in [-0.25, -0.2) is 4.79 Å². The van der Waals surface area contributed by atoms with E-state index in [9.17, 15) is 9.59 Å². The predicted octanol–water partition coefficient (Wildman–Crippen LogP) is 3.75. The number of hydrogen-bond donors (Lipinski definition) is 3. The van der Waals surface area contributed by atoms with Gasteiger partial charge in [0, 0.05) is 42.5 Å². The lowest BCUT2D eigenvalue weighted by atomic mass is 9.80. The van der Waals surface area contributed by atoms with Gasteiger partial charge in [-0.05, 0) is 37.5 Å². The highest BCUT2D eigenvalue weighted by Gasteiger charge is 2.38. The predicted molar refractivity (Wildman–Crippen MR) is 120 cm³/mol. The summed E-state index contributed by atoms with van der Waals surface area (Å²) in [4.78, 5) is 27.2. The second-order valence-corrected chi connectivity index (χ2v) is 8.87. The molecule has 0 aromatic heterocycles. The van der Waals surface area contributed by atoms with Crippen molar-refractivity contribution >= 4 is 23.3 Å². The third-order valence-electron chi connectivity index (χ3n) is 6.32. The van der Waals surface area contributed by atoms with Gasteiger partial charge in [0.25, 0.3) is 0 Å². The highest BCUT2D eigenvalue weighted by Crippen LogP contribution is 2.34. The smallest absolute Gasteiger partial charge is 0.319 e. The molecule has 0 spiro atoms. The summed E-state index contributed by atoms with van der Waals surface area (Å²) in [7, 11) is 0. The van der Waals surface area contributed by atoms with E-state index in [-0.39, 0.29) is 23.4 Å². The van der Waals surface area contributed by atoms with Crippen molar-refractivity contribution in [3.8, 4) is 0 Å². The number of carbonyl (C=O) groups is 2. The second-order valence-electron chi connectivity index (χ2n) is 8.87. The Kier molecular flexibility index (Phi) is 7.72. The van der Waals surface area contributed by atoms with Crippen LogP contribution in [0.1, 0.15) is 51.5 Å². The summed E-state index contributed by atoms with van der Waals surface area (Å²) in [6.07, 6.45) is 5.91. The maximum Gasteiger partial charge on any atom is 0.319 e. The molecule has 3 amide bonds. The summed E-state index contributed by atoms with van der Waals surface area (Å²) in [6, 6.07) is 5.37. The maximum atomic E-state index is 12.7. The average molecular weight is 417 g/mol. The second kappa shape index (κ2) is 10.3. The monoisotopic (exact) mass is 416 g/mol. The minimum Gasteiger partial charge on any atom is -0.379 e.